The van der Waals surface area contributed by atoms with Gasteiger partial charge in [-0.15, -0.1) is 0 Å². The molecule has 0 spiro atoms. The molecule has 0 bridgehead atoms. The van der Waals surface area contributed by atoms with Crippen molar-refractivity contribution in [2.75, 3.05) is 11.6 Å². The molecule has 1 aromatic rings. The second-order valence-corrected chi connectivity index (χ2v) is 7.97. The normalized spacial score (nSPS) is 23.1. The number of benzene rings is 1. The number of nitrogens with zero attached hydrogens (tertiary/aromatic N) is 1. The molecule has 1 saturated carbocycles. The lowest BCUT2D eigenvalue weighted by atomic mass is 9.94. The van der Waals surface area contributed by atoms with Crippen molar-refractivity contribution >= 4 is 27.1 Å². The summed E-state index contributed by atoms with van der Waals surface area (Å²) in [6.07, 6.45) is 4.32. The highest BCUT2D eigenvalue weighted by Crippen LogP contribution is 2.31. The first kappa shape index (κ1) is 15.1. The summed E-state index contributed by atoms with van der Waals surface area (Å²) in [5.41, 5.74) is 1.09. The van der Waals surface area contributed by atoms with Gasteiger partial charge >= 0.3 is 0 Å². The van der Waals surface area contributed by atoms with Crippen molar-refractivity contribution in [2.24, 2.45) is 0 Å². The third-order valence-corrected chi connectivity index (χ3v) is 5.67. The predicted molar refractivity (Wildman–Crippen MR) is 80.7 cm³/mol. The van der Waals surface area contributed by atoms with Gasteiger partial charge in [-0.2, -0.15) is 5.26 Å². The number of halogens is 1. The van der Waals surface area contributed by atoms with Gasteiger partial charge in [-0.05, 0) is 31.4 Å². The smallest absolute Gasteiger partial charge is 0.150 e. The fourth-order valence-electron chi connectivity index (χ4n) is 2.63. The summed E-state index contributed by atoms with van der Waals surface area (Å²) in [6.45, 7) is 0. The lowest BCUT2D eigenvalue weighted by molar-refractivity contribution is 0.453. The van der Waals surface area contributed by atoms with Crippen molar-refractivity contribution in [3.05, 3.63) is 28.8 Å². The number of sulfone groups is 1. The van der Waals surface area contributed by atoms with E-state index in [1.807, 2.05) is 0 Å². The van der Waals surface area contributed by atoms with Gasteiger partial charge in [0.15, 0.2) is 0 Å². The molecule has 20 heavy (non-hydrogen) atoms. The van der Waals surface area contributed by atoms with Crippen LogP contribution in [0.2, 0.25) is 5.02 Å². The van der Waals surface area contributed by atoms with Crippen molar-refractivity contribution in [3.63, 3.8) is 0 Å². The monoisotopic (exact) mass is 312 g/mol. The second-order valence-electron chi connectivity index (χ2n) is 5.23. The summed E-state index contributed by atoms with van der Waals surface area (Å²) in [6, 6.07) is 7.29. The molecule has 4 nitrogen and oxygen atoms in total. The van der Waals surface area contributed by atoms with E-state index in [0.29, 0.717) is 29.1 Å². The maximum Gasteiger partial charge on any atom is 0.150 e. The minimum absolute atomic E-state index is 0.0375. The maximum absolute atomic E-state index is 11.7. The average Bonchev–Trinajstić information content (AvgIpc) is 2.40. The first-order chi connectivity index (χ1) is 9.41. The topological polar surface area (TPSA) is 70.0 Å². The van der Waals surface area contributed by atoms with Crippen molar-refractivity contribution in [3.8, 4) is 6.07 Å². The van der Waals surface area contributed by atoms with E-state index < -0.39 is 9.84 Å². The van der Waals surface area contributed by atoms with Crippen LogP contribution in [0.4, 0.5) is 5.69 Å². The van der Waals surface area contributed by atoms with Crippen molar-refractivity contribution in [1.82, 2.24) is 0 Å². The van der Waals surface area contributed by atoms with Crippen LogP contribution in [-0.2, 0) is 9.84 Å². The Morgan fingerprint density at radius 3 is 2.80 bits per heavy atom. The number of nitriles is 1. The van der Waals surface area contributed by atoms with E-state index in [9.17, 15) is 8.42 Å². The van der Waals surface area contributed by atoms with Gasteiger partial charge < -0.3 is 5.32 Å². The van der Waals surface area contributed by atoms with Gasteiger partial charge in [-0.25, -0.2) is 8.42 Å². The van der Waals surface area contributed by atoms with Gasteiger partial charge in [-0.1, -0.05) is 24.1 Å². The van der Waals surface area contributed by atoms with Crippen molar-refractivity contribution < 1.29 is 8.42 Å². The van der Waals surface area contributed by atoms with E-state index in [1.165, 1.54) is 6.26 Å². The lowest BCUT2D eigenvalue weighted by Crippen LogP contribution is -2.34. The number of para-hydroxylation sites is 1. The van der Waals surface area contributed by atoms with Gasteiger partial charge in [0, 0.05) is 12.3 Å². The van der Waals surface area contributed by atoms with E-state index in [4.69, 9.17) is 16.9 Å². The Morgan fingerprint density at radius 2 is 2.15 bits per heavy atom. The SMILES string of the molecule is CS(=O)(=O)C1CCCC(Nc2c(Cl)cccc2C#N)C1. The first-order valence-electron chi connectivity index (χ1n) is 6.56. The third kappa shape index (κ3) is 3.44. The number of anilines is 1. The molecular formula is C14H17ClN2O2S. The quantitative estimate of drug-likeness (QED) is 0.931. The highest BCUT2D eigenvalue weighted by Gasteiger charge is 2.29. The Balaban J connectivity index is 2.17. The Hall–Kier alpha value is -1.25. The summed E-state index contributed by atoms with van der Waals surface area (Å²) in [5.74, 6) is 0. The van der Waals surface area contributed by atoms with Gasteiger partial charge in [0.1, 0.15) is 15.9 Å². The van der Waals surface area contributed by atoms with Crippen LogP contribution in [0.25, 0.3) is 0 Å². The summed E-state index contributed by atoms with van der Waals surface area (Å²) in [5, 5.41) is 12.5. The minimum Gasteiger partial charge on any atom is -0.380 e. The zero-order valence-corrected chi connectivity index (χ0v) is 12.8. The Bertz CT molecular complexity index is 637. The zero-order valence-electron chi connectivity index (χ0n) is 11.3. The Kier molecular flexibility index (Phi) is 4.56. The number of rotatable bonds is 3. The minimum atomic E-state index is -3.01. The highest BCUT2D eigenvalue weighted by molar-refractivity contribution is 7.91. The van der Waals surface area contributed by atoms with Crippen LogP contribution in [0.15, 0.2) is 18.2 Å². The number of nitrogens with one attached hydrogen (secondary N) is 1. The fourth-order valence-corrected chi connectivity index (χ4v) is 4.04. The van der Waals surface area contributed by atoms with Crippen LogP contribution >= 0.6 is 11.6 Å². The van der Waals surface area contributed by atoms with Crippen LogP contribution in [0, 0.1) is 11.3 Å². The molecule has 1 N–H and O–H groups in total. The third-order valence-electron chi connectivity index (χ3n) is 3.71. The molecule has 2 rings (SSSR count). The molecule has 108 valence electrons. The van der Waals surface area contributed by atoms with Gasteiger partial charge in [-0.3, -0.25) is 0 Å². The van der Waals surface area contributed by atoms with E-state index in [1.54, 1.807) is 18.2 Å². The standard InChI is InChI=1S/C14H17ClN2O2S/c1-20(18,19)12-6-3-5-11(8-12)17-14-10(9-16)4-2-7-13(14)15/h2,4,7,11-12,17H,3,5-6,8H2,1H3. The largest absolute Gasteiger partial charge is 0.380 e. The van der Waals surface area contributed by atoms with E-state index >= 15 is 0 Å². The highest BCUT2D eigenvalue weighted by atomic mass is 35.5. The first-order valence-corrected chi connectivity index (χ1v) is 8.89. The Labute approximate surface area is 124 Å². The zero-order chi connectivity index (χ0) is 14.8. The van der Waals surface area contributed by atoms with Crippen molar-refractivity contribution in [2.45, 2.75) is 37.0 Å². The molecule has 0 aliphatic heterocycles. The summed E-state index contributed by atoms with van der Waals surface area (Å²) < 4.78 is 23.3. The molecular weight excluding hydrogens is 296 g/mol. The fraction of sp³-hybridized carbons (Fsp3) is 0.500. The van der Waals surface area contributed by atoms with E-state index in [2.05, 4.69) is 11.4 Å². The molecule has 0 amide bonds. The van der Waals surface area contributed by atoms with Gasteiger partial charge in [0.05, 0.1) is 21.5 Å². The second kappa shape index (κ2) is 6.02. The predicted octanol–water partition coefficient (Wildman–Crippen LogP) is 2.98. The molecule has 0 saturated heterocycles. The molecule has 1 aromatic carbocycles. The van der Waals surface area contributed by atoms with E-state index in [0.717, 1.165) is 12.8 Å². The van der Waals surface area contributed by atoms with Gasteiger partial charge in [0.2, 0.25) is 0 Å². The molecule has 2 atom stereocenters. The van der Waals surface area contributed by atoms with Crippen LogP contribution in [0.1, 0.15) is 31.2 Å². The molecule has 1 aliphatic carbocycles. The van der Waals surface area contributed by atoms with Crippen LogP contribution in [-0.4, -0.2) is 26.0 Å². The van der Waals surface area contributed by atoms with E-state index in [-0.39, 0.29) is 11.3 Å². The number of hydrogen-bond donors (Lipinski definition) is 1. The van der Waals surface area contributed by atoms with Crippen LogP contribution in [0.5, 0.6) is 0 Å². The van der Waals surface area contributed by atoms with Crippen molar-refractivity contribution in [1.29, 1.82) is 5.26 Å². The molecule has 2 unspecified atom stereocenters. The molecule has 0 aromatic heterocycles. The summed E-state index contributed by atoms with van der Waals surface area (Å²) in [7, 11) is -3.01. The summed E-state index contributed by atoms with van der Waals surface area (Å²) in [4.78, 5) is 0. The average molecular weight is 313 g/mol. The molecule has 6 heteroatoms. The molecule has 0 heterocycles. The summed E-state index contributed by atoms with van der Waals surface area (Å²) >= 11 is 6.12. The Morgan fingerprint density at radius 1 is 1.40 bits per heavy atom. The van der Waals surface area contributed by atoms with Crippen LogP contribution in [0.3, 0.4) is 0 Å². The lowest BCUT2D eigenvalue weighted by Gasteiger charge is -2.29. The molecule has 1 fully saturated rings. The molecule has 1 aliphatic rings. The molecule has 0 radical (unpaired) electrons. The maximum atomic E-state index is 11.7. The number of hydrogen-bond acceptors (Lipinski definition) is 4. The van der Waals surface area contributed by atoms with Crippen LogP contribution < -0.4 is 5.32 Å². The van der Waals surface area contributed by atoms with Gasteiger partial charge in [0.25, 0.3) is 0 Å².